The first-order valence-corrected chi connectivity index (χ1v) is 6.31. The topological polar surface area (TPSA) is 78.9 Å². The highest BCUT2D eigenvalue weighted by Gasteiger charge is 2.11. The van der Waals surface area contributed by atoms with Crippen molar-refractivity contribution in [2.24, 2.45) is 0 Å². The zero-order valence-electron chi connectivity index (χ0n) is 11.2. The van der Waals surface area contributed by atoms with Crippen LogP contribution < -0.4 is 5.73 Å². The van der Waals surface area contributed by atoms with Gasteiger partial charge in [-0.05, 0) is 12.1 Å². The molecule has 0 saturated heterocycles. The van der Waals surface area contributed by atoms with Crippen molar-refractivity contribution in [2.45, 2.75) is 6.54 Å². The Morgan fingerprint density at radius 1 is 1.30 bits per heavy atom. The molecule has 0 fully saturated rings. The summed E-state index contributed by atoms with van der Waals surface area (Å²) >= 11 is 0. The van der Waals surface area contributed by atoms with E-state index in [9.17, 15) is 0 Å². The largest absolute Gasteiger partial charge is 0.399 e. The number of nitrogen functional groups attached to an aromatic ring is 1. The Labute approximate surface area is 116 Å². The first-order chi connectivity index (χ1) is 9.79. The standard InChI is InChI=1S/C14H15N5O/c1-20-6-5-19-14-12(8-18-19)13(16-9-17-14)10-3-2-4-11(15)7-10/h2-4,7-9H,5-6,15H2,1H3. The Balaban J connectivity index is 2.10. The molecule has 1 aromatic carbocycles. The second-order valence-electron chi connectivity index (χ2n) is 4.45. The van der Waals surface area contributed by atoms with Crippen LogP contribution in [-0.4, -0.2) is 33.5 Å². The van der Waals surface area contributed by atoms with Crippen LogP contribution in [0.25, 0.3) is 22.3 Å². The predicted octanol–water partition coefficient (Wildman–Crippen LogP) is 1.72. The smallest absolute Gasteiger partial charge is 0.161 e. The molecule has 2 aromatic heterocycles. The van der Waals surface area contributed by atoms with Crippen molar-refractivity contribution >= 4 is 16.7 Å². The molecule has 0 bridgehead atoms. The van der Waals surface area contributed by atoms with Crippen LogP contribution in [0.15, 0.2) is 36.8 Å². The summed E-state index contributed by atoms with van der Waals surface area (Å²) in [5, 5.41) is 5.26. The number of methoxy groups -OCH3 is 1. The average molecular weight is 269 g/mol. The van der Waals surface area contributed by atoms with Gasteiger partial charge in [-0.3, -0.25) is 0 Å². The molecule has 6 nitrogen and oxygen atoms in total. The highest BCUT2D eigenvalue weighted by molar-refractivity contribution is 5.90. The summed E-state index contributed by atoms with van der Waals surface area (Å²) in [7, 11) is 1.67. The second-order valence-corrected chi connectivity index (χ2v) is 4.45. The molecule has 20 heavy (non-hydrogen) atoms. The van der Waals surface area contributed by atoms with Gasteiger partial charge in [-0.25, -0.2) is 14.6 Å². The molecule has 3 aromatic rings. The molecule has 0 aliphatic heterocycles. The number of aromatic nitrogens is 4. The van der Waals surface area contributed by atoms with Crippen molar-refractivity contribution < 1.29 is 4.74 Å². The molecule has 0 amide bonds. The van der Waals surface area contributed by atoms with Crippen molar-refractivity contribution in [3.05, 3.63) is 36.8 Å². The lowest BCUT2D eigenvalue weighted by Crippen LogP contribution is -2.06. The number of nitrogens with two attached hydrogens (primary N) is 1. The van der Waals surface area contributed by atoms with Gasteiger partial charge in [0.2, 0.25) is 0 Å². The van der Waals surface area contributed by atoms with E-state index in [0.29, 0.717) is 18.8 Å². The molecule has 0 atom stereocenters. The second kappa shape index (κ2) is 5.26. The maximum atomic E-state index is 5.83. The van der Waals surface area contributed by atoms with Gasteiger partial charge in [0.05, 0.1) is 30.4 Å². The number of ether oxygens (including phenoxy) is 1. The summed E-state index contributed by atoms with van der Waals surface area (Å²) in [5.74, 6) is 0. The predicted molar refractivity (Wildman–Crippen MR) is 77.0 cm³/mol. The number of nitrogens with zero attached hydrogens (tertiary/aromatic N) is 4. The van der Waals surface area contributed by atoms with E-state index >= 15 is 0 Å². The SMILES string of the molecule is COCCn1ncc2c(-c3cccc(N)c3)ncnc21. The van der Waals surface area contributed by atoms with Gasteiger partial charge in [-0.15, -0.1) is 0 Å². The Morgan fingerprint density at radius 2 is 2.20 bits per heavy atom. The monoisotopic (exact) mass is 269 g/mol. The van der Waals surface area contributed by atoms with Crippen molar-refractivity contribution in [1.29, 1.82) is 0 Å². The Bertz CT molecular complexity index is 737. The number of hydrogen-bond donors (Lipinski definition) is 1. The molecule has 2 N–H and O–H groups in total. The number of anilines is 1. The fourth-order valence-electron chi connectivity index (χ4n) is 2.15. The van der Waals surface area contributed by atoms with Gasteiger partial charge in [0, 0.05) is 18.4 Å². The molecular weight excluding hydrogens is 254 g/mol. The Kier molecular flexibility index (Phi) is 3.30. The lowest BCUT2D eigenvalue weighted by Gasteiger charge is -2.04. The summed E-state index contributed by atoms with van der Waals surface area (Å²) in [6.45, 7) is 1.25. The van der Waals surface area contributed by atoms with Crippen LogP contribution in [0, 0.1) is 0 Å². The quantitative estimate of drug-likeness (QED) is 0.730. The maximum absolute atomic E-state index is 5.83. The third-order valence-electron chi connectivity index (χ3n) is 3.10. The summed E-state index contributed by atoms with van der Waals surface area (Å²) < 4.78 is 6.89. The molecule has 0 unspecified atom stereocenters. The fraction of sp³-hybridized carbons (Fsp3) is 0.214. The Morgan fingerprint density at radius 3 is 3.00 bits per heavy atom. The van der Waals surface area contributed by atoms with E-state index < -0.39 is 0 Å². The summed E-state index contributed by atoms with van der Waals surface area (Å²) in [5.41, 5.74) is 9.14. The van der Waals surface area contributed by atoms with Gasteiger partial charge < -0.3 is 10.5 Å². The van der Waals surface area contributed by atoms with Gasteiger partial charge in [0.1, 0.15) is 6.33 Å². The molecule has 2 heterocycles. The van der Waals surface area contributed by atoms with E-state index in [1.54, 1.807) is 19.6 Å². The summed E-state index contributed by atoms with van der Waals surface area (Å²) in [4.78, 5) is 8.67. The van der Waals surface area contributed by atoms with E-state index in [-0.39, 0.29) is 0 Å². The zero-order valence-corrected chi connectivity index (χ0v) is 11.2. The molecule has 3 rings (SSSR count). The van der Waals surface area contributed by atoms with E-state index in [2.05, 4.69) is 15.1 Å². The minimum Gasteiger partial charge on any atom is -0.399 e. The van der Waals surface area contributed by atoms with Crippen LogP contribution in [0.3, 0.4) is 0 Å². The molecule has 6 heteroatoms. The first-order valence-electron chi connectivity index (χ1n) is 6.31. The van der Waals surface area contributed by atoms with Gasteiger partial charge in [-0.2, -0.15) is 5.10 Å². The third-order valence-corrected chi connectivity index (χ3v) is 3.10. The van der Waals surface area contributed by atoms with Crippen LogP contribution in [0.2, 0.25) is 0 Å². The number of hydrogen-bond acceptors (Lipinski definition) is 5. The lowest BCUT2D eigenvalue weighted by atomic mass is 10.1. The van der Waals surface area contributed by atoms with Gasteiger partial charge in [0.15, 0.2) is 5.65 Å². The molecule has 102 valence electrons. The van der Waals surface area contributed by atoms with Gasteiger partial charge in [0.25, 0.3) is 0 Å². The molecule has 0 aliphatic rings. The summed E-state index contributed by atoms with van der Waals surface area (Å²) in [6, 6.07) is 7.64. The van der Waals surface area contributed by atoms with Crippen LogP contribution in [0.1, 0.15) is 0 Å². The third kappa shape index (κ3) is 2.21. The van der Waals surface area contributed by atoms with E-state index in [1.165, 1.54) is 0 Å². The molecule has 0 spiro atoms. The molecule has 0 radical (unpaired) electrons. The zero-order chi connectivity index (χ0) is 13.9. The fourth-order valence-corrected chi connectivity index (χ4v) is 2.15. The molecular formula is C14H15N5O. The van der Waals surface area contributed by atoms with E-state index in [4.69, 9.17) is 10.5 Å². The van der Waals surface area contributed by atoms with Crippen molar-refractivity contribution in [3.63, 3.8) is 0 Å². The normalized spacial score (nSPS) is 11.1. The number of benzene rings is 1. The Hall–Kier alpha value is -2.47. The van der Waals surface area contributed by atoms with Crippen molar-refractivity contribution in [1.82, 2.24) is 19.7 Å². The van der Waals surface area contributed by atoms with E-state index in [1.807, 2.05) is 28.9 Å². The van der Waals surface area contributed by atoms with E-state index in [0.717, 1.165) is 22.3 Å². The van der Waals surface area contributed by atoms with Gasteiger partial charge in [-0.1, -0.05) is 12.1 Å². The molecule has 0 aliphatic carbocycles. The first kappa shape index (κ1) is 12.6. The van der Waals surface area contributed by atoms with Crippen molar-refractivity contribution in [2.75, 3.05) is 19.5 Å². The van der Waals surface area contributed by atoms with Gasteiger partial charge >= 0.3 is 0 Å². The average Bonchev–Trinajstić information content (AvgIpc) is 2.88. The minimum atomic E-state index is 0.592. The number of rotatable bonds is 4. The van der Waals surface area contributed by atoms with Crippen LogP contribution in [-0.2, 0) is 11.3 Å². The molecule has 0 saturated carbocycles. The minimum absolute atomic E-state index is 0.592. The summed E-state index contributed by atoms with van der Waals surface area (Å²) in [6.07, 6.45) is 3.33. The van der Waals surface area contributed by atoms with Crippen LogP contribution >= 0.6 is 0 Å². The van der Waals surface area contributed by atoms with Crippen LogP contribution in [0.4, 0.5) is 5.69 Å². The highest BCUT2D eigenvalue weighted by atomic mass is 16.5. The number of fused-ring (bicyclic) bond motifs is 1. The van der Waals surface area contributed by atoms with Crippen molar-refractivity contribution in [3.8, 4) is 11.3 Å². The highest BCUT2D eigenvalue weighted by Crippen LogP contribution is 2.26. The lowest BCUT2D eigenvalue weighted by molar-refractivity contribution is 0.184. The maximum Gasteiger partial charge on any atom is 0.161 e. The van der Waals surface area contributed by atoms with Crippen LogP contribution in [0.5, 0.6) is 0 Å².